The summed E-state index contributed by atoms with van der Waals surface area (Å²) in [5, 5.41) is 3.85. The minimum absolute atomic E-state index is 0.0666. The predicted octanol–water partition coefficient (Wildman–Crippen LogP) is 3.10. The number of hydrogen-bond donors (Lipinski definition) is 0. The summed E-state index contributed by atoms with van der Waals surface area (Å²) in [6.07, 6.45) is -1.65. The molecule has 0 bridgehead atoms. The number of halogens is 3. The van der Waals surface area contributed by atoms with E-state index in [1.54, 1.807) is 23.4 Å². The number of imidazole rings is 1. The minimum atomic E-state index is -4.44. The molecule has 0 spiro atoms. The Morgan fingerprint density at radius 3 is 2.85 bits per heavy atom. The van der Waals surface area contributed by atoms with E-state index in [2.05, 4.69) is 10.1 Å². The standard InChI is InChI=1S/C17H21F3N4O2/c1-4-12-15(10(2)22-26-12)16(25)23(3)7-11-5-6-14-21-13(17(18,19)20)9-24(14)8-11/h9,11H,4-8H2,1-3H3. The van der Waals surface area contributed by atoms with Crippen molar-refractivity contribution in [3.8, 4) is 0 Å². The van der Waals surface area contributed by atoms with Gasteiger partial charge >= 0.3 is 6.18 Å². The zero-order valence-corrected chi connectivity index (χ0v) is 14.9. The minimum Gasteiger partial charge on any atom is -0.360 e. The van der Waals surface area contributed by atoms with Gasteiger partial charge in [0.05, 0.1) is 5.69 Å². The lowest BCUT2D eigenvalue weighted by Crippen LogP contribution is -2.35. The number of rotatable bonds is 4. The zero-order chi connectivity index (χ0) is 19.1. The van der Waals surface area contributed by atoms with Crippen molar-refractivity contribution in [1.29, 1.82) is 0 Å². The number of aromatic nitrogens is 3. The Morgan fingerprint density at radius 2 is 2.19 bits per heavy atom. The Bertz CT molecular complexity index is 810. The summed E-state index contributed by atoms with van der Waals surface area (Å²) in [7, 11) is 1.69. The highest BCUT2D eigenvalue weighted by atomic mass is 19.4. The normalized spacial score (nSPS) is 17.2. The number of aryl methyl sites for hydroxylation is 3. The number of nitrogens with zero attached hydrogens (tertiary/aromatic N) is 4. The highest BCUT2D eigenvalue weighted by Crippen LogP contribution is 2.31. The van der Waals surface area contributed by atoms with E-state index in [1.807, 2.05) is 6.92 Å². The summed E-state index contributed by atoms with van der Waals surface area (Å²) < 4.78 is 45.2. The number of alkyl halides is 3. The van der Waals surface area contributed by atoms with E-state index in [0.717, 1.165) is 6.20 Å². The molecule has 142 valence electrons. The van der Waals surface area contributed by atoms with Gasteiger partial charge in [0, 0.05) is 39.2 Å². The Labute approximate surface area is 149 Å². The molecule has 6 nitrogen and oxygen atoms in total. The molecular formula is C17H21F3N4O2. The second-order valence-electron chi connectivity index (χ2n) is 6.70. The molecule has 3 rings (SSSR count). The van der Waals surface area contributed by atoms with Crippen LogP contribution in [0.25, 0.3) is 0 Å². The Morgan fingerprint density at radius 1 is 1.46 bits per heavy atom. The number of carbonyl (C=O) groups is 1. The molecule has 1 unspecified atom stereocenters. The van der Waals surface area contributed by atoms with E-state index in [0.29, 0.717) is 55.2 Å². The molecule has 2 aromatic heterocycles. The highest BCUT2D eigenvalue weighted by Gasteiger charge is 2.36. The molecule has 1 amide bonds. The molecule has 1 atom stereocenters. The van der Waals surface area contributed by atoms with Crippen LogP contribution in [0, 0.1) is 12.8 Å². The molecule has 26 heavy (non-hydrogen) atoms. The quantitative estimate of drug-likeness (QED) is 0.830. The number of hydrogen-bond acceptors (Lipinski definition) is 4. The summed E-state index contributed by atoms with van der Waals surface area (Å²) in [4.78, 5) is 18.0. The van der Waals surface area contributed by atoms with Crippen LogP contribution in [-0.2, 0) is 25.6 Å². The lowest BCUT2D eigenvalue weighted by Gasteiger charge is -2.28. The van der Waals surface area contributed by atoms with Gasteiger partial charge in [-0.15, -0.1) is 0 Å². The van der Waals surface area contributed by atoms with E-state index >= 15 is 0 Å². The van der Waals surface area contributed by atoms with Crippen LogP contribution in [-0.4, -0.2) is 39.1 Å². The lowest BCUT2D eigenvalue weighted by molar-refractivity contribution is -0.141. The first kappa shape index (κ1) is 18.5. The largest absolute Gasteiger partial charge is 0.434 e. The van der Waals surface area contributed by atoms with Gasteiger partial charge in [-0.1, -0.05) is 12.1 Å². The molecule has 0 aliphatic carbocycles. The molecule has 1 aliphatic heterocycles. The molecule has 0 saturated heterocycles. The maximum atomic E-state index is 12.8. The fourth-order valence-electron chi connectivity index (χ4n) is 3.39. The third-order valence-electron chi connectivity index (χ3n) is 4.73. The van der Waals surface area contributed by atoms with Crippen molar-refractivity contribution in [2.45, 2.75) is 45.8 Å². The van der Waals surface area contributed by atoms with Crippen molar-refractivity contribution in [2.24, 2.45) is 5.92 Å². The second-order valence-corrected chi connectivity index (χ2v) is 6.70. The van der Waals surface area contributed by atoms with Gasteiger partial charge in [0.2, 0.25) is 0 Å². The van der Waals surface area contributed by atoms with Gasteiger partial charge in [0.1, 0.15) is 17.1 Å². The smallest absolute Gasteiger partial charge is 0.360 e. The molecule has 0 radical (unpaired) electrons. The average molecular weight is 370 g/mol. The predicted molar refractivity (Wildman–Crippen MR) is 86.6 cm³/mol. The number of fused-ring (bicyclic) bond motifs is 1. The lowest BCUT2D eigenvalue weighted by atomic mass is 9.98. The molecular weight excluding hydrogens is 349 g/mol. The van der Waals surface area contributed by atoms with Crippen LogP contribution in [0.1, 0.15) is 46.7 Å². The molecule has 0 saturated carbocycles. The third kappa shape index (κ3) is 3.47. The first-order chi connectivity index (χ1) is 12.2. The van der Waals surface area contributed by atoms with E-state index in [-0.39, 0.29) is 11.8 Å². The summed E-state index contributed by atoms with van der Waals surface area (Å²) >= 11 is 0. The van der Waals surface area contributed by atoms with Gasteiger partial charge < -0.3 is 14.0 Å². The molecule has 0 N–H and O–H groups in total. The second kappa shape index (κ2) is 6.77. The number of carbonyl (C=O) groups excluding carboxylic acids is 1. The van der Waals surface area contributed by atoms with Crippen LogP contribution >= 0.6 is 0 Å². The van der Waals surface area contributed by atoms with E-state index < -0.39 is 11.9 Å². The van der Waals surface area contributed by atoms with Crippen molar-refractivity contribution in [3.63, 3.8) is 0 Å². The summed E-state index contributed by atoms with van der Waals surface area (Å²) in [6, 6.07) is 0. The van der Waals surface area contributed by atoms with E-state index in [9.17, 15) is 18.0 Å². The van der Waals surface area contributed by atoms with Crippen LogP contribution in [0.3, 0.4) is 0 Å². The maximum Gasteiger partial charge on any atom is 0.434 e. The molecule has 0 aromatic carbocycles. The fraction of sp³-hybridized carbons (Fsp3) is 0.588. The average Bonchev–Trinajstić information content (AvgIpc) is 3.16. The number of amides is 1. The van der Waals surface area contributed by atoms with Crippen LogP contribution in [0.15, 0.2) is 10.7 Å². The molecule has 1 aliphatic rings. The summed E-state index contributed by atoms with van der Waals surface area (Å²) in [6.45, 7) is 4.47. The topological polar surface area (TPSA) is 64.2 Å². The summed E-state index contributed by atoms with van der Waals surface area (Å²) in [5.41, 5.74) is 0.174. The zero-order valence-electron chi connectivity index (χ0n) is 14.9. The van der Waals surface area contributed by atoms with E-state index in [1.165, 1.54) is 0 Å². The van der Waals surface area contributed by atoms with Crippen LogP contribution < -0.4 is 0 Å². The van der Waals surface area contributed by atoms with Crippen molar-refractivity contribution in [2.75, 3.05) is 13.6 Å². The fourth-order valence-corrected chi connectivity index (χ4v) is 3.39. The van der Waals surface area contributed by atoms with Gasteiger partial charge in [-0.2, -0.15) is 13.2 Å². The van der Waals surface area contributed by atoms with Gasteiger partial charge in [-0.05, 0) is 19.3 Å². The molecule has 0 fully saturated rings. The van der Waals surface area contributed by atoms with Gasteiger partial charge in [0.15, 0.2) is 5.69 Å². The Balaban J connectivity index is 1.69. The first-order valence-corrected chi connectivity index (χ1v) is 8.54. The van der Waals surface area contributed by atoms with Crippen LogP contribution in [0.5, 0.6) is 0 Å². The molecule has 2 aromatic rings. The van der Waals surface area contributed by atoms with E-state index in [4.69, 9.17) is 4.52 Å². The van der Waals surface area contributed by atoms with Gasteiger partial charge in [-0.25, -0.2) is 4.98 Å². The highest BCUT2D eigenvalue weighted by molar-refractivity contribution is 5.96. The maximum absolute atomic E-state index is 12.8. The third-order valence-corrected chi connectivity index (χ3v) is 4.73. The Hall–Kier alpha value is -2.32. The van der Waals surface area contributed by atoms with Crippen molar-refractivity contribution < 1.29 is 22.5 Å². The van der Waals surface area contributed by atoms with Gasteiger partial charge in [0.25, 0.3) is 5.91 Å². The van der Waals surface area contributed by atoms with Crippen LogP contribution in [0.2, 0.25) is 0 Å². The van der Waals surface area contributed by atoms with Crippen molar-refractivity contribution in [1.82, 2.24) is 19.6 Å². The van der Waals surface area contributed by atoms with Gasteiger partial charge in [-0.3, -0.25) is 4.79 Å². The van der Waals surface area contributed by atoms with Crippen LogP contribution in [0.4, 0.5) is 13.2 Å². The SMILES string of the molecule is CCc1onc(C)c1C(=O)N(C)CC1CCc2nc(C(F)(F)F)cn2C1. The van der Waals surface area contributed by atoms with Crippen molar-refractivity contribution in [3.05, 3.63) is 34.7 Å². The first-order valence-electron chi connectivity index (χ1n) is 8.54. The molecule has 9 heteroatoms. The monoisotopic (exact) mass is 370 g/mol. The Kier molecular flexibility index (Phi) is 4.81. The summed E-state index contributed by atoms with van der Waals surface area (Å²) in [5.74, 6) is 0.894. The van der Waals surface area contributed by atoms with Crippen molar-refractivity contribution >= 4 is 5.91 Å². The molecule has 3 heterocycles.